The van der Waals surface area contributed by atoms with Crippen LogP contribution in [-0.2, 0) is 9.84 Å². The molecule has 1 N–H and O–H groups in total. The van der Waals surface area contributed by atoms with Crippen molar-refractivity contribution in [1.82, 2.24) is 0 Å². The van der Waals surface area contributed by atoms with Gasteiger partial charge in [-0.3, -0.25) is 0 Å². The van der Waals surface area contributed by atoms with E-state index in [1.807, 2.05) is 0 Å². The van der Waals surface area contributed by atoms with Gasteiger partial charge in [0.05, 0.1) is 16.2 Å². The third kappa shape index (κ3) is 5.79. The van der Waals surface area contributed by atoms with E-state index in [2.05, 4.69) is 6.92 Å². The lowest BCUT2D eigenvalue weighted by atomic mass is 10.1. The van der Waals surface area contributed by atoms with Crippen molar-refractivity contribution in [1.29, 1.82) is 0 Å². The predicted octanol–water partition coefficient (Wildman–Crippen LogP) is 3.96. The van der Waals surface area contributed by atoms with E-state index in [0.717, 1.165) is 12.8 Å². The Morgan fingerprint density at radius 3 is 2.19 bits per heavy atom. The number of unbranched alkanes of at least 4 members (excludes halogenated alkanes) is 5. The molecule has 0 heterocycles. The summed E-state index contributed by atoms with van der Waals surface area (Å²) in [6, 6.07) is 8.38. The van der Waals surface area contributed by atoms with E-state index < -0.39 is 21.2 Å². The Bertz CT molecular complexity index is 482. The molecule has 1 rings (SSSR count). The van der Waals surface area contributed by atoms with Gasteiger partial charge < -0.3 is 5.11 Å². The maximum absolute atomic E-state index is 12.4. The zero-order valence-corrected chi connectivity index (χ0v) is 14.0. The normalized spacial score (nSPS) is 14.8. The van der Waals surface area contributed by atoms with Gasteiger partial charge in [0.15, 0.2) is 9.84 Å². The monoisotopic (exact) mass is 312 g/mol. The fraction of sp³-hybridized carbons (Fsp3) is 0.647. The number of hydrogen-bond acceptors (Lipinski definition) is 3. The third-order valence-corrected chi connectivity index (χ3v) is 6.18. The van der Waals surface area contributed by atoms with Crippen LogP contribution in [0.4, 0.5) is 0 Å². The highest BCUT2D eigenvalue weighted by molar-refractivity contribution is 7.92. The minimum atomic E-state index is -3.44. The van der Waals surface area contributed by atoms with Crippen LogP contribution in [0.3, 0.4) is 0 Å². The SMILES string of the molecule is CCCCCCCC[C@H](O)[C@@H](C)S(=O)(=O)c1ccccc1. The minimum absolute atomic E-state index is 0.291. The van der Waals surface area contributed by atoms with Crippen LogP contribution in [0.1, 0.15) is 58.8 Å². The van der Waals surface area contributed by atoms with E-state index in [1.165, 1.54) is 25.7 Å². The van der Waals surface area contributed by atoms with Gasteiger partial charge in [0, 0.05) is 0 Å². The van der Waals surface area contributed by atoms with Crippen LogP contribution < -0.4 is 0 Å². The molecule has 0 spiro atoms. The van der Waals surface area contributed by atoms with Gasteiger partial charge in [-0.2, -0.15) is 0 Å². The van der Waals surface area contributed by atoms with Gasteiger partial charge in [-0.05, 0) is 25.5 Å². The lowest BCUT2D eigenvalue weighted by molar-refractivity contribution is 0.158. The number of hydrogen-bond donors (Lipinski definition) is 1. The van der Waals surface area contributed by atoms with Crippen molar-refractivity contribution in [3.8, 4) is 0 Å². The molecule has 1 aromatic rings. The molecule has 1 aromatic carbocycles. The molecule has 0 aliphatic rings. The van der Waals surface area contributed by atoms with Crippen LogP contribution in [-0.4, -0.2) is 24.9 Å². The molecule has 0 aliphatic heterocycles. The largest absolute Gasteiger partial charge is 0.392 e. The first kappa shape index (κ1) is 18.2. The molecular formula is C17H28O3S. The van der Waals surface area contributed by atoms with Gasteiger partial charge in [0.25, 0.3) is 0 Å². The molecule has 3 nitrogen and oxygen atoms in total. The van der Waals surface area contributed by atoms with Crippen molar-refractivity contribution in [2.45, 2.75) is 75.0 Å². The van der Waals surface area contributed by atoms with Gasteiger partial charge in [0.2, 0.25) is 0 Å². The average molecular weight is 312 g/mol. The highest BCUT2D eigenvalue weighted by atomic mass is 32.2. The Labute approximate surface area is 129 Å². The second-order valence-corrected chi connectivity index (χ2v) is 7.99. The number of sulfone groups is 1. The molecule has 0 bridgehead atoms. The maximum atomic E-state index is 12.4. The lowest BCUT2D eigenvalue weighted by Gasteiger charge is -2.19. The third-order valence-electron chi connectivity index (χ3n) is 3.96. The molecule has 120 valence electrons. The van der Waals surface area contributed by atoms with Gasteiger partial charge >= 0.3 is 0 Å². The molecule has 0 amide bonds. The summed E-state index contributed by atoms with van der Waals surface area (Å²) < 4.78 is 24.8. The van der Waals surface area contributed by atoms with Crippen molar-refractivity contribution in [3.05, 3.63) is 30.3 Å². The Morgan fingerprint density at radius 1 is 1.00 bits per heavy atom. The molecule has 0 fully saturated rings. The van der Waals surface area contributed by atoms with Gasteiger partial charge in [-0.25, -0.2) is 8.42 Å². The number of rotatable bonds is 10. The summed E-state index contributed by atoms with van der Waals surface area (Å²) in [5, 5.41) is 9.38. The molecule has 0 aromatic heterocycles. The summed E-state index contributed by atoms with van der Waals surface area (Å²) in [6.45, 7) is 3.78. The highest BCUT2D eigenvalue weighted by Gasteiger charge is 2.29. The van der Waals surface area contributed by atoms with Crippen LogP contribution in [0.25, 0.3) is 0 Å². The second kappa shape index (κ2) is 9.21. The zero-order chi connectivity index (χ0) is 15.7. The standard InChI is InChI=1S/C17H28O3S/c1-3-4-5-6-7-11-14-17(18)15(2)21(19,20)16-12-9-8-10-13-16/h8-10,12-13,15,17-18H,3-7,11,14H2,1-2H3/t15-,17+/m1/s1. The zero-order valence-electron chi connectivity index (χ0n) is 13.2. The Kier molecular flexibility index (Phi) is 7.97. The van der Waals surface area contributed by atoms with Crippen molar-refractivity contribution in [2.75, 3.05) is 0 Å². The summed E-state index contributed by atoms with van der Waals surface area (Å²) in [5.41, 5.74) is 0. The Morgan fingerprint density at radius 2 is 1.57 bits per heavy atom. The molecule has 0 aliphatic carbocycles. The Balaban J connectivity index is 2.45. The van der Waals surface area contributed by atoms with E-state index in [1.54, 1.807) is 37.3 Å². The summed E-state index contributed by atoms with van der Waals surface area (Å²) >= 11 is 0. The van der Waals surface area contributed by atoms with Crippen LogP contribution in [0, 0.1) is 0 Å². The maximum Gasteiger partial charge on any atom is 0.183 e. The molecular weight excluding hydrogens is 284 g/mol. The number of aliphatic hydroxyl groups is 1. The van der Waals surface area contributed by atoms with E-state index in [4.69, 9.17) is 0 Å². The summed E-state index contributed by atoms with van der Waals surface area (Å²) in [5.74, 6) is 0. The molecule has 21 heavy (non-hydrogen) atoms. The highest BCUT2D eigenvalue weighted by Crippen LogP contribution is 2.21. The molecule has 2 atom stereocenters. The second-order valence-electron chi connectivity index (χ2n) is 5.69. The van der Waals surface area contributed by atoms with Crippen molar-refractivity contribution < 1.29 is 13.5 Å². The fourth-order valence-corrected chi connectivity index (χ4v) is 3.92. The van der Waals surface area contributed by atoms with Crippen LogP contribution >= 0.6 is 0 Å². The van der Waals surface area contributed by atoms with Crippen molar-refractivity contribution in [2.24, 2.45) is 0 Å². The van der Waals surface area contributed by atoms with E-state index in [-0.39, 0.29) is 0 Å². The first-order chi connectivity index (χ1) is 10.00. The number of benzene rings is 1. The van der Waals surface area contributed by atoms with E-state index in [0.29, 0.717) is 11.3 Å². The quantitative estimate of drug-likeness (QED) is 0.665. The van der Waals surface area contributed by atoms with Crippen molar-refractivity contribution in [3.63, 3.8) is 0 Å². The van der Waals surface area contributed by atoms with Crippen molar-refractivity contribution >= 4 is 9.84 Å². The van der Waals surface area contributed by atoms with Crippen LogP contribution in [0.5, 0.6) is 0 Å². The minimum Gasteiger partial charge on any atom is -0.392 e. The first-order valence-electron chi connectivity index (χ1n) is 7.97. The van der Waals surface area contributed by atoms with Crippen LogP contribution in [0.2, 0.25) is 0 Å². The van der Waals surface area contributed by atoms with Gasteiger partial charge in [-0.1, -0.05) is 63.6 Å². The van der Waals surface area contributed by atoms with Gasteiger partial charge in [-0.15, -0.1) is 0 Å². The molecule has 0 saturated carbocycles. The summed E-state index contributed by atoms with van der Waals surface area (Å²) in [7, 11) is -3.44. The smallest absolute Gasteiger partial charge is 0.183 e. The fourth-order valence-electron chi connectivity index (χ4n) is 2.40. The topological polar surface area (TPSA) is 54.4 Å². The van der Waals surface area contributed by atoms with E-state index >= 15 is 0 Å². The van der Waals surface area contributed by atoms with E-state index in [9.17, 15) is 13.5 Å². The number of aliphatic hydroxyl groups excluding tert-OH is 1. The predicted molar refractivity (Wildman–Crippen MR) is 87.1 cm³/mol. The summed E-state index contributed by atoms with van der Waals surface area (Å²) in [6.07, 6.45) is 6.58. The lowest BCUT2D eigenvalue weighted by Crippen LogP contribution is -2.31. The van der Waals surface area contributed by atoms with Crippen LogP contribution in [0.15, 0.2) is 35.2 Å². The molecule has 4 heteroatoms. The molecule has 0 unspecified atom stereocenters. The van der Waals surface area contributed by atoms with Gasteiger partial charge in [0.1, 0.15) is 0 Å². The summed E-state index contributed by atoms with van der Waals surface area (Å²) in [4.78, 5) is 0.291. The molecule has 0 radical (unpaired) electrons. The molecule has 0 saturated heterocycles. The first-order valence-corrected chi connectivity index (χ1v) is 9.51. The Hall–Kier alpha value is -0.870. The average Bonchev–Trinajstić information content (AvgIpc) is 2.50.